The molecule has 2 unspecified atom stereocenters. The zero-order valence-electron chi connectivity index (χ0n) is 13.6. The number of rotatable bonds is 3. The van der Waals surface area contributed by atoms with Crippen molar-refractivity contribution in [1.82, 2.24) is 34.3 Å². The number of fused-ring (bicyclic) bond motifs is 1. The van der Waals surface area contributed by atoms with Gasteiger partial charge in [0.25, 0.3) is 0 Å². The van der Waals surface area contributed by atoms with Gasteiger partial charge < -0.3 is 9.67 Å². The Bertz CT molecular complexity index is 694. The van der Waals surface area contributed by atoms with Crippen molar-refractivity contribution in [2.45, 2.75) is 38.2 Å². The molecule has 2 aromatic heterocycles. The Kier molecular flexibility index (Phi) is 3.67. The van der Waals surface area contributed by atoms with E-state index in [-0.39, 0.29) is 12.1 Å². The quantitative estimate of drug-likeness (QED) is 0.842. The van der Waals surface area contributed by atoms with Crippen LogP contribution < -0.4 is 0 Å². The van der Waals surface area contributed by atoms with Crippen molar-refractivity contribution in [1.29, 1.82) is 0 Å². The van der Waals surface area contributed by atoms with Crippen molar-refractivity contribution in [3.8, 4) is 0 Å². The van der Waals surface area contributed by atoms with Crippen molar-refractivity contribution in [3.63, 3.8) is 0 Å². The van der Waals surface area contributed by atoms with Gasteiger partial charge >= 0.3 is 0 Å². The molecule has 2 aromatic rings. The molecule has 1 fully saturated rings. The number of aliphatic hydroxyl groups excluding tert-OH is 1. The molecule has 0 amide bonds. The zero-order valence-corrected chi connectivity index (χ0v) is 13.6. The number of aliphatic hydroxyl groups is 1. The number of β-amino-alcohol motifs (C(OH)–C–C–N with tert-alkyl or cyclic N) is 1. The molecule has 0 spiro atoms. The SMILES string of the molecule is CN1CC(O)CC1c1nnc2n1CCN(Cc1cnn(C)c1)C2. The molecule has 124 valence electrons. The Balaban J connectivity index is 1.49. The van der Waals surface area contributed by atoms with Gasteiger partial charge in [-0.25, -0.2) is 0 Å². The standard InChI is InChI=1S/C15H23N7O/c1-19-9-12(23)5-13(19)15-18-17-14-10-21(3-4-22(14)15)8-11-6-16-20(2)7-11/h6-7,12-13,23H,3-5,8-10H2,1-2H3. The van der Waals surface area contributed by atoms with Gasteiger partial charge in [-0.3, -0.25) is 14.5 Å². The summed E-state index contributed by atoms with van der Waals surface area (Å²) in [5.74, 6) is 2.02. The Labute approximate surface area is 135 Å². The van der Waals surface area contributed by atoms with Crippen LogP contribution in [0.1, 0.15) is 29.7 Å². The average molecular weight is 317 g/mol. The first-order chi connectivity index (χ1) is 11.1. The highest BCUT2D eigenvalue weighted by Gasteiger charge is 2.34. The van der Waals surface area contributed by atoms with Gasteiger partial charge in [0, 0.05) is 45.0 Å². The largest absolute Gasteiger partial charge is 0.392 e. The molecule has 1 N–H and O–H groups in total. The van der Waals surface area contributed by atoms with Crippen LogP contribution in [-0.2, 0) is 26.7 Å². The van der Waals surface area contributed by atoms with Crippen molar-refractivity contribution < 1.29 is 5.11 Å². The van der Waals surface area contributed by atoms with E-state index in [1.807, 2.05) is 25.0 Å². The van der Waals surface area contributed by atoms with Crippen LogP contribution in [0.5, 0.6) is 0 Å². The van der Waals surface area contributed by atoms with Crippen LogP contribution in [0.15, 0.2) is 12.4 Å². The molecule has 4 heterocycles. The molecule has 2 atom stereocenters. The Hall–Kier alpha value is -1.77. The molecule has 2 aliphatic rings. The number of aromatic nitrogens is 5. The third-order valence-electron chi connectivity index (χ3n) is 4.85. The lowest BCUT2D eigenvalue weighted by atomic mass is 10.2. The maximum Gasteiger partial charge on any atom is 0.150 e. The first kappa shape index (κ1) is 14.8. The van der Waals surface area contributed by atoms with E-state index in [9.17, 15) is 5.11 Å². The molecular weight excluding hydrogens is 294 g/mol. The van der Waals surface area contributed by atoms with Crippen LogP contribution in [-0.4, -0.2) is 65.7 Å². The molecule has 0 aromatic carbocycles. The van der Waals surface area contributed by atoms with Gasteiger partial charge in [-0.2, -0.15) is 5.10 Å². The van der Waals surface area contributed by atoms with Crippen molar-refractivity contribution in [2.24, 2.45) is 7.05 Å². The average Bonchev–Trinajstić information content (AvgIpc) is 3.18. The lowest BCUT2D eigenvalue weighted by molar-refractivity contribution is 0.182. The van der Waals surface area contributed by atoms with Crippen LogP contribution in [0, 0.1) is 0 Å². The van der Waals surface area contributed by atoms with E-state index in [0.29, 0.717) is 6.54 Å². The third-order valence-corrected chi connectivity index (χ3v) is 4.85. The second kappa shape index (κ2) is 5.70. The summed E-state index contributed by atoms with van der Waals surface area (Å²) in [5, 5.41) is 22.9. The summed E-state index contributed by atoms with van der Waals surface area (Å²) in [5.41, 5.74) is 1.22. The summed E-state index contributed by atoms with van der Waals surface area (Å²) >= 11 is 0. The van der Waals surface area contributed by atoms with Gasteiger partial charge in [0.1, 0.15) is 5.82 Å². The monoisotopic (exact) mass is 317 g/mol. The highest BCUT2D eigenvalue weighted by Crippen LogP contribution is 2.30. The summed E-state index contributed by atoms with van der Waals surface area (Å²) in [4.78, 5) is 4.54. The highest BCUT2D eigenvalue weighted by molar-refractivity contribution is 5.08. The maximum atomic E-state index is 9.87. The van der Waals surface area contributed by atoms with Gasteiger partial charge in [-0.05, 0) is 13.5 Å². The van der Waals surface area contributed by atoms with Gasteiger partial charge in [-0.1, -0.05) is 0 Å². The second-order valence-electron chi connectivity index (χ2n) is 6.70. The molecule has 4 rings (SSSR count). The van der Waals surface area contributed by atoms with E-state index in [2.05, 4.69) is 35.9 Å². The van der Waals surface area contributed by atoms with Gasteiger partial charge in [0.05, 0.1) is 24.9 Å². The molecule has 0 bridgehead atoms. The highest BCUT2D eigenvalue weighted by atomic mass is 16.3. The summed E-state index contributed by atoms with van der Waals surface area (Å²) < 4.78 is 4.07. The smallest absolute Gasteiger partial charge is 0.150 e. The minimum Gasteiger partial charge on any atom is -0.392 e. The fourth-order valence-corrected chi connectivity index (χ4v) is 3.70. The minimum atomic E-state index is -0.261. The van der Waals surface area contributed by atoms with E-state index >= 15 is 0 Å². The van der Waals surface area contributed by atoms with Crippen LogP contribution in [0.4, 0.5) is 0 Å². The molecule has 8 heteroatoms. The Morgan fingerprint density at radius 3 is 2.83 bits per heavy atom. The van der Waals surface area contributed by atoms with Crippen molar-refractivity contribution in [3.05, 3.63) is 29.6 Å². The fourth-order valence-electron chi connectivity index (χ4n) is 3.70. The van der Waals surface area contributed by atoms with Crippen LogP contribution in [0.25, 0.3) is 0 Å². The van der Waals surface area contributed by atoms with Gasteiger partial charge in [0.2, 0.25) is 0 Å². The van der Waals surface area contributed by atoms with E-state index in [0.717, 1.165) is 44.2 Å². The number of hydrogen-bond acceptors (Lipinski definition) is 6. The predicted molar refractivity (Wildman–Crippen MR) is 83.3 cm³/mol. The lowest BCUT2D eigenvalue weighted by Crippen LogP contribution is -2.34. The third kappa shape index (κ3) is 2.77. The summed E-state index contributed by atoms with van der Waals surface area (Å²) in [6, 6.07) is 0.177. The first-order valence-electron chi connectivity index (χ1n) is 8.10. The number of likely N-dealkylation sites (N-methyl/N-ethyl adjacent to an activating group) is 1. The van der Waals surface area contributed by atoms with Crippen LogP contribution in [0.3, 0.4) is 0 Å². The van der Waals surface area contributed by atoms with Crippen LogP contribution in [0.2, 0.25) is 0 Å². The zero-order chi connectivity index (χ0) is 16.0. The second-order valence-corrected chi connectivity index (χ2v) is 6.70. The predicted octanol–water partition coefficient (Wildman–Crippen LogP) is -0.235. The summed E-state index contributed by atoms with van der Waals surface area (Å²) in [6.45, 7) is 4.28. The summed E-state index contributed by atoms with van der Waals surface area (Å²) in [7, 11) is 3.98. The number of hydrogen-bond donors (Lipinski definition) is 1. The molecule has 2 aliphatic heterocycles. The molecule has 8 nitrogen and oxygen atoms in total. The topological polar surface area (TPSA) is 75.2 Å². The number of aryl methyl sites for hydroxylation is 1. The lowest BCUT2D eigenvalue weighted by Gasteiger charge is -2.28. The van der Waals surface area contributed by atoms with E-state index in [4.69, 9.17) is 0 Å². The minimum absolute atomic E-state index is 0.177. The molecule has 23 heavy (non-hydrogen) atoms. The molecule has 0 radical (unpaired) electrons. The van der Waals surface area contributed by atoms with Gasteiger partial charge in [-0.15, -0.1) is 10.2 Å². The van der Waals surface area contributed by atoms with Gasteiger partial charge in [0.15, 0.2) is 5.82 Å². The molecule has 0 saturated carbocycles. The number of nitrogens with zero attached hydrogens (tertiary/aromatic N) is 7. The Morgan fingerprint density at radius 2 is 2.13 bits per heavy atom. The first-order valence-corrected chi connectivity index (χ1v) is 8.10. The van der Waals surface area contributed by atoms with Crippen molar-refractivity contribution >= 4 is 0 Å². The molecular formula is C15H23N7O. The molecule has 1 saturated heterocycles. The van der Waals surface area contributed by atoms with E-state index in [1.165, 1.54) is 5.56 Å². The fraction of sp³-hybridized carbons (Fsp3) is 0.667. The van der Waals surface area contributed by atoms with E-state index in [1.54, 1.807) is 0 Å². The number of likely N-dealkylation sites (tertiary alicyclic amines) is 1. The van der Waals surface area contributed by atoms with Crippen molar-refractivity contribution in [2.75, 3.05) is 20.1 Å². The molecule has 0 aliphatic carbocycles. The maximum absolute atomic E-state index is 9.87. The van der Waals surface area contributed by atoms with E-state index < -0.39 is 0 Å². The summed E-state index contributed by atoms with van der Waals surface area (Å²) in [6.07, 6.45) is 4.46. The normalized spacial score (nSPS) is 25.9. The van der Waals surface area contributed by atoms with Crippen LogP contribution >= 0.6 is 0 Å². The Morgan fingerprint density at radius 1 is 1.26 bits per heavy atom.